The third-order valence-corrected chi connectivity index (χ3v) is 5.57. The van der Waals surface area contributed by atoms with Crippen molar-refractivity contribution >= 4 is 5.84 Å². The maximum Gasteiger partial charge on any atom is 0.145 e. The van der Waals surface area contributed by atoms with Gasteiger partial charge >= 0.3 is 0 Å². The van der Waals surface area contributed by atoms with Crippen LogP contribution in [0.25, 0.3) is 0 Å². The van der Waals surface area contributed by atoms with Crippen LogP contribution in [0.3, 0.4) is 0 Å². The molecule has 2 unspecified atom stereocenters. The molecule has 26 heavy (non-hydrogen) atoms. The van der Waals surface area contributed by atoms with Crippen LogP contribution in [0.15, 0.2) is 47.7 Å². The molecule has 0 spiro atoms. The summed E-state index contributed by atoms with van der Waals surface area (Å²) >= 11 is 0. The summed E-state index contributed by atoms with van der Waals surface area (Å²) in [6.07, 6.45) is 4.68. The summed E-state index contributed by atoms with van der Waals surface area (Å²) in [4.78, 5) is 11.6. The maximum atomic E-state index is 5.74. The molecule has 6 heteroatoms. The number of hydrogen-bond acceptors (Lipinski definition) is 6. The van der Waals surface area contributed by atoms with Gasteiger partial charge in [0.25, 0.3) is 0 Å². The molecule has 2 aromatic rings. The summed E-state index contributed by atoms with van der Waals surface area (Å²) in [5.74, 6) is 2.17. The van der Waals surface area contributed by atoms with Gasteiger partial charge in [0.15, 0.2) is 0 Å². The van der Waals surface area contributed by atoms with E-state index >= 15 is 0 Å². The van der Waals surface area contributed by atoms with Crippen LogP contribution in [0.4, 0.5) is 0 Å². The number of ether oxygens (including phenoxy) is 1. The molecular formula is C20H23N5O. The van der Waals surface area contributed by atoms with Gasteiger partial charge in [0.1, 0.15) is 17.8 Å². The number of nitrogens with zero attached hydrogens (tertiary/aromatic N) is 4. The summed E-state index contributed by atoms with van der Waals surface area (Å²) in [5, 5.41) is 2.19. The first-order chi connectivity index (χ1) is 12.8. The normalized spacial score (nSPS) is 23.2. The van der Waals surface area contributed by atoms with Gasteiger partial charge in [0, 0.05) is 43.5 Å². The molecule has 1 aromatic carbocycles. The van der Waals surface area contributed by atoms with Crippen molar-refractivity contribution in [2.75, 3.05) is 26.2 Å². The lowest BCUT2D eigenvalue weighted by Gasteiger charge is -2.37. The minimum atomic E-state index is -0.0256. The van der Waals surface area contributed by atoms with E-state index in [4.69, 9.17) is 9.73 Å². The molecular weight excluding hydrogens is 326 g/mol. The van der Waals surface area contributed by atoms with Crippen molar-refractivity contribution in [3.63, 3.8) is 0 Å². The van der Waals surface area contributed by atoms with E-state index in [-0.39, 0.29) is 6.17 Å². The average Bonchev–Trinajstić information content (AvgIpc) is 3.33. The second kappa shape index (κ2) is 6.37. The zero-order chi connectivity index (χ0) is 17.5. The lowest BCUT2D eigenvalue weighted by atomic mass is 10.0. The van der Waals surface area contributed by atoms with Crippen molar-refractivity contribution in [3.05, 3.63) is 59.4 Å². The molecule has 0 radical (unpaired) electrons. The predicted octanol–water partition coefficient (Wildman–Crippen LogP) is 2.31. The minimum Gasteiger partial charge on any atom is -0.493 e. The van der Waals surface area contributed by atoms with Crippen LogP contribution in [0, 0.1) is 0 Å². The largest absolute Gasteiger partial charge is 0.493 e. The van der Waals surface area contributed by atoms with Crippen molar-refractivity contribution in [2.24, 2.45) is 4.99 Å². The highest BCUT2D eigenvalue weighted by Crippen LogP contribution is 2.32. The van der Waals surface area contributed by atoms with Crippen molar-refractivity contribution in [1.29, 1.82) is 0 Å². The van der Waals surface area contributed by atoms with Crippen LogP contribution in [0.2, 0.25) is 0 Å². The SMILES string of the molecule is CC(c1ccc2c(c1)OCC2)N1CCN2NC(c3cccnc3)N=C2C1. The third-order valence-electron chi connectivity index (χ3n) is 5.57. The van der Waals surface area contributed by atoms with Gasteiger partial charge in [-0.1, -0.05) is 18.2 Å². The number of amidine groups is 1. The maximum absolute atomic E-state index is 5.74. The molecule has 2 atom stereocenters. The van der Waals surface area contributed by atoms with E-state index < -0.39 is 0 Å². The summed E-state index contributed by atoms with van der Waals surface area (Å²) in [5.41, 5.74) is 7.23. The number of hydrazine groups is 1. The molecule has 1 aromatic heterocycles. The number of aromatic nitrogens is 1. The predicted molar refractivity (Wildman–Crippen MR) is 99.9 cm³/mol. The molecule has 0 bridgehead atoms. The monoisotopic (exact) mass is 349 g/mol. The van der Waals surface area contributed by atoms with E-state index in [1.165, 1.54) is 11.1 Å². The summed E-state index contributed by atoms with van der Waals surface area (Å²) in [6.45, 7) is 5.87. The van der Waals surface area contributed by atoms with Crippen molar-refractivity contribution in [3.8, 4) is 5.75 Å². The van der Waals surface area contributed by atoms with E-state index in [0.29, 0.717) is 6.04 Å². The molecule has 6 nitrogen and oxygen atoms in total. The van der Waals surface area contributed by atoms with Gasteiger partial charge in [-0.25, -0.2) is 10.4 Å². The lowest BCUT2D eigenvalue weighted by molar-refractivity contribution is 0.162. The molecule has 0 amide bonds. The van der Waals surface area contributed by atoms with Gasteiger partial charge in [-0.05, 0) is 30.2 Å². The highest BCUT2D eigenvalue weighted by molar-refractivity contribution is 5.86. The number of nitrogens with one attached hydrogen (secondary N) is 1. The van der Waals surface area contributed by atoms with Crippen LogP contribution in [-0.4, -0.2) is 47.0 Å². The lowest BCUT2D eigenvalue weighted by Crippen LogP contribution is -2.52. The Morgan fingerprint density at radius 2 is 2.23 bits per heavy atom. The Morgan fingerprint density at radius 1 is 1.27 bits per heavy atom. The molecule has 0 aliphatic carbocycles. The fourth-order valence-corrected chi connectivity index (χ4v) is 3.95. The molecule has 3 aliphatic rings. The fourth-order valence-electron chi connectivity index (χ4n) is 3.95. The van der Waals surface area contributed by atoms with Crippen LogP contribution in [-0.2, 0) is 6.42 Å². The third kappa shape index (κ3) is 2.75. The standard InChI is InChI=1S/C20H23N5O/c1-14(16-5-4-15-6-10-26-18(15)11-16)24-8-9-25-19(13-24)22-20(23-25)17-3-2-7-21-12-17/h2-5,7,11-12,14,20,23H,6,8-10,13H2,1H3. The van der Waals surface area contributed by atoms with Gasteiger partial charge in [0.05, 0.1) is 13.2 Å². The summed E-state index contributed by atoms with van der Waals surface area (Å²) in [6, 6.07) is 11.0. The van der Waals surface area contributed by atoms with Crippen LogP contribution in [0.5, 0.6) is 5.75 Å². The van der Waals surface area contributed by atoms with Crippen LogP contribution in [0.1, 0.15) is 35.8 Å². The molecule has 5 rings (SSSR count). The quantitative estimate of drug-likeness (QED) is 0.922. The number of piperazine rings is 1. The Morgan fingerprint density at radius 3 is 3.12 bits per heavy atom. The number of pyridine rings is 1. The topological polar surface area (TPSA) is 53.0 Å². The van der Waals surface area contributed by atoms with Crippen molar-refractivity contribution in [1.82, 2.24) is 20.3 Å². The Labute approximate surface area is 153 Å². The minimum absolute atomic E-state index is 0.0256. The van der Waals surface area contributed by atoms with Crippen LogP contribution >= 0.6 is 0 Å². The molecule has 1 fully saturated rings. The number of aliphatic imine (C=N–C) groups is 1. The van der Waals surface area contributed by atoms with E-state index in [1.54, 1.807) is 6.20 Å². The molecule has 1 N–H and O–H groups in total. The first-order valence-corrected chi connectivity index (χ1v) is 9.28. The van der Waals surface area contributed by atoms with Crippen LogP contribution < -0.4 is 10.2 Å². The smallest absolute Gasteiger partial charge is 0.145 e. The first kappa shape index (κ1) is 15.8. The van der Waals surface area contributed by atoms with Crippen molar-refractivity contribution in [2.45, 2.75) is 25.6 Å². The highest BCUT2D eigenvalue weighted by atomic mass is 16.5. The van der Waals surface area contributed by atoms with E-state index in [9.17, 15) is 0 Å². The average molecular weight is 349 g/mol. The zero-order valence-electron chi connectivity index (χ0n) is 14.9. The Bertz CT molecular complexity index is 837. The number of fused-ring (bicyclic) bond motifs is 2. The second-order valence-corrected chi connectivity index (χ2v) is 7.13. The first-order valence-electron chi connectivity index (χ1n) is 9.28. The van der Waals surface area contributed by atoms with Gasteiger partial charge in [-0.3, -0.25) is 14.9 Å². The Hall–Kier alpha value is -2.44. The molecule has 4 heterocycles. The number of benzene rings is 1. The van der Waals surface area contributed by atoms with Gasteiger partial charge in [-0.15, -0.1) is 0 Å². The Balaban J connectivity index is 1.33. The zero-order valence-corrected chi connectivity index (χ0v) is 14.9. The van der Waals surface area contributed by atoms with Gasteiger partial charge in [0.2, 0.25) is 0 Å². The number of hydrogen-bond donors (Lipinski definition) is 1. The van der Waals surface area contributed by atoms with Crippen molar-refractivity contribution < 1.29 is 4.74 Å². The highest BCUT2D eigenvalue weighted by Gasteiger charge is 2.32. The van der Waals surface area contributed by atoms with E-state index in [2.05, 4.69) is 51.5 Å². The van der Waals surface area contributed by atoms with E-state index in [0.717, 1.165) is 49.8 Å². The second-order valence-electron chi connectivity index (χ2n) is 7.13. The number of rotatable bonds is 3. The molecule has 0 saturated carbocycles. The molecule has 134 valence electrons. The Kier molecular flexibility index (Phi) is 3.87. The summed E-state index contributed by atoms with van der Waals surface area (Å²) in [7, 11) is 0. The molecule has 1 saturated heterocycles. The fraction of sp³-hybridized carbons (Fsp3) is 0.400. The molecule has 3 aliphatic heterocycles. The van der Waals surface area contributed by atoms with Gasteiger partial charge in [-0.2, -0.15) is 0 Å². The van der Waals surface area contributed by atoms with E-state index in [1.807, 2.05) is 12.3 Å². The summed E-state index contributed by atoms with van der Waals surface area (Å²) < 4.78 is 5.74. The van der Waals surface area contributed by atoms with Gasteiger partial charge < -0.3 is 4.74 Å².